The van der Waals surface area contributed by atoms with Crippen molar-refractivity contribution in [1.29, 1.82) is 0 Å². The Balaban J connectivity index is 1.98. The van der Waals surface area contributed by atoms with E-state index in [1.165, 1.54) is 11.3 Å². The Morgan fingerprint density at radius 3 is 2.81 bits per heavy atom. The largest absolute Gasteiger partial charge is 0.463 e. The summed E-state index contributed by atoms with van der Waals surface area (Å²) in [5.41, 5.74) is 3.64. The third kappa shape index (κ3) is 3.54. The Labute approximate surface area is 154 Å². The predicted molar refractivity (Wildman–Crippen MR) is 101 cm³/mol. The van der Waals surface area contributed by atoms with Gasteiger partial charge in [-0.25, -0.2) is 9.59 Å². The maximum atomic E-state index is 12.6. The number of hydrogen-bond donors (Lipinski definition) is 2. The number of ether oxygens (including phenoxy) is 1. The number of nitrogens with zero attached hydrogens (tertiary/aromatic N) is 1. The number of aryl methyl sites for hydroxylation is 1. The highest BCUT2D eigenvalue weighted by molar-refractivity contribution is 5.95. The van der Waals surface area contributed by atoms with Crippen molar-refractivity contribution in [2.75, 3.05) is 18.1 Å². The van der Waals surface area contributed by atoms with Crippen molar-refractivity contribution in [3.05, 3.63) is 41.1 Å². The zero-order valence-electron chi connectivity index (χ0n) is 15.7. The van der Waals surface area contributed by atoms with Gasteiger partial charge in [-0.2, -0.15) is 0 Å². The second kappa shape index (κ2) is 7.81. The monoisotopic (exact) mass is 357 g/mol. The molecule has 2 heterocycles. The molecule has 0 unspecified atom stereocenters. The molecule has 3 rings (SSSR count). The van der Waals surface area contributed by atoms with Crippen LogP contribution in [0, 0.1) is 0 Å². The first-order chi connectivity index (χ1) is 12.5. The molecule has 2 amide bonds. The number of fused-ring (bicyclic) bond motifs is 1. The van der Waals surface area contributed by atoms with Crippen molar-refractivity contribution < 1.29 is 14.3 Å². The first-order valence-corrected chi connectivity index (χ1v) is 9.37. The average Bonchev–Trinajstić information content (AvgIpc) is 2.63. The maximum absolute atomic E-state index is 12.6. The van der Waals surface area contributed by atoms with Gasteiger partial charge in [0.15, 0.2) is 0 Å². The summed E-state index contributed by atoms with van der Waals surface area (Å²) in [6, 6.07) is 8.06. The van der Waals surface area contributed by atoms with E-state index in [9.17, 15) is 9.59 Å². The molecule has 1 aromatic carbocycles. The summed E-state index contributed by atoms with van der Waals surface area (Å²) >= 11 is 0. The van der Waals surface area contributed by atoms with Crippen molar-refractivity contribution in [2.24, 2.45) is 0 Å². The zero-order valence-corrected chi connectivity index (χ0v) is 15.7. The number of carbonyl (C=O) groups excluding carboxylic acids is 2. The molecule has 6 heteroatoms. The summed E-state index contributed by atoms with van der Waals surface area (Å²) in [4.78, 5) is 26.9. The Morgan fingerprint density at radius 2 is 2.08 bits per heavy atom. The van der Waals surface area contributed by atoms with Gasteiger partial charge in [0.2, 0.25) is 0 Å². The summed E-state index contributed by atoms with van der Waals surface area (Å²) in [6.45, 7) is 6.71. The Bertz CT molecular complexity index is 729. The van der Waals surface area contributed by atoms with Gasteiger partial charge in [-0.05, 0) is 44.7 Å². The normalized spacial score (nSPS) is 22.4. The standard InChI is InChI=1S/C20H27N3O3/c1-4-15-18(19(24)26-5-2)16(22-20(25)21-15)12-23-13(3)10-11-14-8-6-7-9-17(14)23/h6-9,13,15H,4-5,10-12H2,1-3H3,(H2,21,22,25)/t13-,15+/m1/s1. The molecular weight excluding hydrogens is 330 g/mol. The highest BCUT2D eigenvalue weighted by atomic mass is 16.5. The van der Waals surface area contributed by atoms with Gasteiger partial charge >= 0.3 is 12.0 Å². The third-order valence-corrected chi connectivity index (χ3v) is 5.14. The van der Waals surface area contributed by atoms with Gasteiger partial charge in [-0.15, -0.1) is 0 Å². The molecule has 0 radical (unpaired) electrons. The van der Waals surface area contributed by atoms with E-state index in [0.29, 0.717) is 36.9 Å². The van der Waals surface area contributed by atoms with Crippen LogP contribution in [0.3, 0.4) is 0 Å². The summed E-state index contributed by atoms with van der Waals surface area (Å²) in [7, 11) is 0. The lowest BCUT2D eigenvalue weighted by atomic mass is 9.95. The van der Waals surface area contributed by atoms with Crippen LogP contribution in [-0.2, 0) is 16.0 Å². The minimum absolute atomic E-state index is 0.266. The average molecular weight is 357 g/mol. The van der Waals surface area contributed by atoms with Gasteiger partial charge in [-0.1, -0.05) is 25.1 Å². The molecule has 140 valence electrons. The van der Waals surface area contributed by atoms with Crippen molar-refractivity contribution in [3.8, 4) is 0 Å². The number of urea groups is 1. The maximum Gasteiger partial charge on any atom is 0.337 e. The molecule has 2 aliphatic rings. The van der Waals surface area contributed by atoms with Crippen LogP contribution in [0.1, 0.15) is 39.2 Å². The predicted octanol–water partition coefficient (Wildman–Crippen LogP) is 2.74. The van der Waals surface area contributed by atoms with Crippen LogP contribution in [0.25, 0.3) is 0 Å². The van der Waals surface area contributed by atoms with Gasteiger partial charge in [0.25, 0.3) is 0 Å². The summed E-state index contributed by atoms with van der Waals surface area (Å²) in [5.74, 6) is -0.361. The molecule has 2 atom stereocenters. The van der Waals surface area contributed by atoms with Gasteiger partial charge in [0.05, 0.1) is 30.5 Å². The minimum Gasteiger partial charge on any atom is -0.463 e. The fourth-order valence-corrected chi connectivity index (χ4v) is 3.76. The Morgan fingerprint density at radius 1 is 1.31 bits per heavy atom. The topological polar surface area (TPSA) is 70.7 Å². The van der Waals surface area contributed by atoms with Crippen molar-refractivity contribution >= 4 is 17.7 Å². The SMILES string of the molecule is CCOC(=O)C1=C(CN2c3ccccc3CC[C@H]2C)NC(=O)N[C@H]1CC. The van der Waals surface area contributed by atoms with E-state index < -0.39 is 0 Å². The first-order valence-electron chi connectivity index (χ1n) is 9.37. The van der Waals surface area contributed by atoms with E-state index in [1.54, 1.807) is 6.92 Å². The fourth-order valence-electron chi connectivity index (χ4n) is 3.76. The highest BCUT2D eigenvalue weighted by Crippen LogP contribution is 2.31. The van der Waals surface area contributed by atoms with Crippen molar-refractivity contribution in [2.45, 2.75) is 52.1 Å². The zero-order chi connectivity index (χ0) is 18.7. The van der Waals surface area contributed by atoms with E-state index in [1.807, 2.05) is 13.0 Å². The second-order valence-electron chi connectivity index (χ2n) is 6.82. The number of nitrogens with one attached hydrogen (secondary N) is 2. The molecule has 26 heavy (non-hydrogen) atoms. The lowest BCUT2D eigenvalue weighted by molar-refractivity contribution is -0.139. The van der Waals surface area contributed by atoms with Gasteiger partial charge in [0.1, 0.15) is 0 Å². The Kier molecular flexibility index (Phi) is 5.49. The van der Waals surface area contributed by atoms with Gasteiger partial charge in [0, 0.05) is 11.7 Å². The molecule has 0 saturated heterocycles. The molecule has 1 aromatic rings. The molecule has 0 aromatic heterocycles. The van der Waals surface area contributed by atoms with E-state index in [4.69, 9.17) is 4.74 Å². The van der Waals surface area contributed by atoms with Crippen LogP contribution in [0.4, 0.5) is 10.5 Å². The van der Waals surface area contributed by atoms with Crippen molar-refractivity contribution in [3.63, 3.8) is 0 Å². The molecular formula is C20H27N3O3. The summed E-state index contributed by atoms with van der Waals surface area (Å²) in [6.07, 6.45) is 2.72. The van der Waals surface area contributed by atoms with Crippen LogP contribution < -0.4 is 15.5 Å². The minimum atomic E-state index is -0.361. The number of esters is 1. The van der Waals surface area contributed by atoms with E-state index in [2.05, 4.69) is 40.7 Å². The number of amides is 2. The number of hydrogen-bond acceptors (Lipinski definition) is 4. The molecule has 0 fully saturated rings. The molecule has 0 aliphatic carbocycles. The van der Waals surface area contributed by atoms with Crippen LogP contribution in [0.5, 0.6) is 0 Å². The van der Waals surface area contributed by atoms with E-state index in [0.717, 1.165) is 12.8 Å². The van der Waals surface area contributed by atoms with Gasteiger partial charge in [-0.3, -0.25) is 0 Å². The first kappa shape index (κ1) is 18.3. The smallest absolute Gasteiger partial charge is 0.337 e. The van der Waals surface area contributed by atoms with Crippen LogP contribution in [0.2, 0.25) is 0 Å². The fraction of sp³-hybridized carbons (Fsp3) is 0.500. The number of rotatable bonds is 5. The van der Waals surface area contributed by atoms with E-state index >= 15 is 0 Å². The van der Waals surface area contributed by atoms with Crippen LogP contribution in [0.15, 0.2) is 35.5 Å². The number of carbonyl (C=O) groups is 2. The molecule has 2 aliphatic heterocycles. The highest BCUT2D eigenvalue weighted by Gasteiger charge is 2.33. The molecule has 0 spiro atoms. The van der Waals surface area contributed by atoms with Crippen LogP contribution in [-0.4, -0.2) is 37.2 Å². The quantitative estimate of drug-likeness (QED) is 0.795. The number of para-hydroxylation sites is 1. The van der Waals surface area contributed by atoms with Crippen LogP contribution >= 0.6 is 0 Å². The second-order valence-corrected chi connectivity index (χ2v) is 6.82. The van der Waals surface area contributed by atoms with Gasteiger partial charge < -0.3 is 20.3 Å². The molecule has 6 nitrogen and oxygen atoms in total. The lowest BCUT2D eigenvalue weighted by Gasteiger charge is -2.39. The number of anilines is 1. The van der Waals surface area contributed by atoms with Crippen molar-refractivity contribution in [1.82, 2.24) is 10.6 Å². The Hall–Kier alpha value is -2.50. The van der Waals surface area contributed by atoms with E-state index in [-0.39, 0.29) is 18.0 Å². The molecule has 0 bridgehead atoms. The summed E-state index contributed by atoms with van der Waals surface area (Å²) in [5, 5.41) is 5.68. The summed E-state index contributed by atoms with van der Waals surface area (Å²) < 4.78 is 5.26. The molecule has 2 N–H and O–H groups in total. The third-order valence-electron chi connectivity index (χ3n) is 5.14. The lowest BCUT2D eigenvalue weighted by Crippen LogP contribution is -2.53. The number of benzene rings is 1. The molecule has 0 saturated carbocycles.